The second kappa shape index (κ2) is 6.36. The van der Waals surface area contributed by atoms with Gasteiger partial charge in [0.2, 0.25) is 5.95 Å². The first kappa shape index (κ1) is 15.3. The molecule has 1 unspecified atom stereocenters. The number of benzene rings is 1. The number of piperazine rings is 1. The fraction of sp³-hybridized carbons (Fsp3) is 0.444. The van der Waals surface area contributed by atoms with Crippen molar-refractivity contribution in [1.82, 2.24) is 14.9 Å². The van der Waals surface area contributed by atoms with Crippen molar-refractivity contribution >= 4 is 5.95 Å². The van der Waals surface area contributed by atoms with Crippen LogP contribution in [-0.4, -0.2) is 52.7 Å². The first-order chi connectivity index (χ1) is 11.7. The van der Waals surface area contributed by atoms with E-state index < -0.39 is 5.82 Å². The highest BCUT2D eigenvalue weighted by molar-refractivity contribution is 5.33. The van der Waals surface area contributed by atoms with E-state index in [9.17, 15) is 4.39 Å². The Hall–Kier alpha value is -2.21. The van der Waals surface area contributed by atoms with E-state index in [1.54, 1.807) is 0 Å². The Morgan fingerprint density at radius 2 is 1.88 bits per heavy atom. The topological polar surface area (TPSA) is 41.5 Å². The number of fused-ring (bicyclic) bond motifs is 1. The third kappa shape index (κ3) is 2.94. The van der Waals surface area contributed by atoms with Crippen molar-refractivity contribution in [3.8, 4) is 5.75 Å². The largest absolute Gasteiger partial charge is 0.489 e. The van der Waals surface area contributed by atoms with Crippen LogP contribution >= 0.6 is 0 Å². The third-order valence-corrected chi connectivity index (χ3v) is 5.00. The molecule has 1 aromatic heterocycles. The Balaban J connectivity index is 1.45. The Kier molecular flexibility index (Phi) is 4.06. The van der Waals surface area contributed by atoms with E-state index in [0.29, 0.717) is 12.0 Å². The van der Waals surface area contributed by atoms with Crippen LogP contribution in [0.15, 0.2) is 42.7 Å². The van der Waals surface area contributed by atoms with Crippen LogP contribution in [0.4, 0.5) is 10.3 Å². The number of hydrogen-bond acceptors (Lipinski definition) is 5. The van der Waals surface area contributed by atoms with Crippen molar-refractivity contribution in [3.05, 3.63) is 48.5 Å². The number of para-hydroxylation sites is 1. The van der Waals surface area contributed by atoms with Crippen molar-refractivity contribution in [2.24, 2.45) is 0 Å². The van der Waals surface area contributed by atoms with Gasteiger partial charge >= 0.3 is 0 Å². The quantitative estimate of drug-likeness (QED) is 0.865. The minimum absolute atomic E-state index is 0.203. The van der Waals surface area contributed by atoms with E-state index in [2.05, 4.69) is 26.7 Å². The van der Waals surface area contributed by atoms with Gasteiger partial charge in [-0.1, -0.05) is 18.2 Å². The Bertz CT molecular complexity index is 681. The second-order valence-corrected chi connectivity index (χ2v) is 6.49. The zero-order valence-corrected chi connectivity index (χ0v) is 13.7. The van der Waals surface area contributed by atoms with E-state index >= 15 is 0 Å². The molecule has 2 fully saturated rings. The SMILES string of the molecule is CC1[C@@H]2C[C@H](Oc3ccccc3)CN2CCN1c1ncc(F)cn1. The maximum atomic E-state index is 13.1. The average molecular weight is 328 g/mol. The minimum Gasteiger partial charge on any atom is -0.489 e. The highest BCUT2D eigenvalue weighted by Crippen LogP contribution is 2.30. The molecular formula is C18H21FN4O. The summed E-state index contributed by atoms with van der Waals surface area (Å²) in [6.07, 6.45) is 3.65. The van der Waals surface area contributed by atoms with E-state index in [1.807, 2.05) is 30.3 Å². The molecule has 3 atom stereocenters. The van der Waals surface area contributed by atoms with Crippen LogP contribution in [0.3, 0.4) is 0 Å². The Labute approximate surface area is 141 Å². The first-order valence-electron chi connectivity index (χ1n) is 8.40. The van der Waals surface area contributed by atoms with Gasteiger partial charge in [-0.05, 0) is 19.1 Å². The van der Waals surface area contributed by atoms with Crippen molar-refractivity contribution in [1.29, 1.82) is 0 Å². The van der Waals surface area contributed by atoms with Gasteiger partial charge in [0.15, 0.2) is 5.82 Å². The summed E-state index contributed by atoms with van der Waals surface area (Å²) < 4.78 is 19.2. The summed E-state index contributed by atoms with van der Waals surface area (Å²) in [4.78, 5) is 12.9. The highest BCUT2D eigenvalue weighted by atomic mass is 19.1. The van der Waals surface area contributed by atoms with Gasteiger partial charge in [-0.3, -0.25) is 4.90 Å². The van der Waals surface area contributed by atoms with Crippen LogP contribution in [-0.2, 0) is 0 Å². The van der Waals surface area contributed by atoms with Crippen LogP contribution in [0, 0.1) is 5.82 Å². The lowest BCUT2D eigenvalue weighted by molar-refractivity contribution is 0.179. The number of rotatable bonds is 3. The van der Waals surface area contributed by atoms with Crippen LogP contribution in [0.2, 0.25) is 0 Å². The van der Waals surface area contributed by atoms with Gasteiger partial charge in [0.05, 0.1) is 12.4 Å². The third-order valence-electron chi connectivity index (χ3n) is 5.00. The van der Waals surface area contributed by atoms with E-state index in [0.717, 1.165) is 31.8 Å². The Morgan fingerprint density at radius 1 is 1.12 bits per heavy atom. The van der Waals surface area contributed by atoms with Gasteiger partial charge in [-0.25, -0.2) is 14.4 Å². The standard InChI is InChI=1S/C18H21FN4O/c1-13-17-9-16(24-15-5-3-2-4-6-15)12-22(17)7-8-23(13)18-20-10-14(19)11-21-18/h2-6,10-11,13,16-17H,7-9,12H2,1H3/t13?,16-,17-/m0/s1. The summed E-state index contributed by atoms with van der Waals surface area (Å²) in [5.74, 6) is 1.13. The zero-order chi connectivity index (χ0) is 16.5. The maximum absolute atomic E-state index is 13.1. The second-order valence-electron chi connectivity index (χ2n) is 6.49. The molecule has 24 heavy (non-hydrogen) atoms. The predicted octanol–water partition coefficient (Wildman–Crippen LogP) is 2.35. The normalized spacial score (nSPS) is 27.1. The van der Waals surface area contributed by atoms with Gasteiger partial charge in [-0.15, -0.1) is 0 Å². The lowest BCUT2D eigenvalue weighted by Crippen LogP contribution is -2.56. The van der Waals surface area contributed by atoms with Gasteiger partial charge in [-0.2, -0.15) is 0 Å². The molecule has 0 bridgehead atoms. The molecule has 0 N–H and O–H groups in total. The van der Waals surface area contributed by atoms with Crippen molar-refractivity contribution < 1.29 is 9.13 Å². The molecule has 6 heteroatoms. The smallest absolute Gasteiger partial charge is 0.225 e. The minimum atomic E-state index is -0.401. The number of hydrogen-bond donors (Lipinski definition) is 0. The molecule has 0 aliphatic carbocycles. The van der Waals surface area contributed by atoms with Crippen molar-refractivity contribution in [2.45, 2.75) is 31.5 Å². The van der Waals surface area contributed by atoms with Crippen molar-refractivity contribution in [3.63, 3.8) is 0 Å². The molecule has 4 rings (SSSR count). The van der Waals surface area contributed by atoms with Crippen LogP contribution in [0.1, 0.15) is 13.3 Å². The lowest BCUT2D eigenvalue weighted by Gasteiger charge is -2.42. The molecule has 2 aliphatic rings. The molecule has 2 aliphatic heterocycles. The van der Waals surface area contributed by atoms with Gasteiger partial charge in [0.25, 0.3) is 0 Å². The van der Waals surface area contributed by atoms with Crippen LogP contribution in [0.5, 0.6) is 5.75 Å². The van der Waals surface area contributed by atoms with Crippen LogP contribution < -0.4 is 9.64 Å². The zero-order valence-electron chi connectivity index (χ0n) is 13.7. The molecule has 0 saturated carbocycles. The number of anilines is 1. The molecule has 3 heterocycles. The summed E-state index contributed by atoms with van der Waals surface area (Å²) in [6, 6.07) is 10.7. The number of aromatic nitrogens is 2. The fourth-order valence-electron chi connectivity index (χ4n) is 3.81. The first-order valence-corrected chi connectivity index (χ1v) is 8.40. The molecule has 0 spiro atoms. The van der Waals surface area contributed by atoms with Crippen molar-refractivity contribution in [2.75, 3.05) is 24.5 Å². The monoisotopic (exact) mass is 328 g/mol. The average Bonchev–Trinajstić information content (AvgIpc) is 3.01. The van der Waals surface area contributed by atoms with E-state index in [4.69, 9.17) is 4.74 Å². The molecule has 2 saturated heterocycles. The number of ether oxygens (including phenoxy) is 1. The van der Waals surface area contributed by atoms with E-state index in [1.165, 1.54) is 12.4 Å². The molecule has 0 radical (unpaired) electrons. The van der Waals surface area contributed by atoms with E-state index in [-0.39, 0.29) is 12.1 Å². The van der Waals surface area contributed by atoms with Gasteiger partial charge in [0, 0.05) is 38.1 Å². The molecule has 1 aromatic carbocycles. The summed E-state index contributed by atoms with van der Waals surface area (Å²) in [7, 11) is 0. The number of halogens is 1. The molecule has 126 valence electrons. The fourth-order valence-corrected chi connectivity index (χ4v) is 3.81. The Morgan fingerprint density at radius 3 is 2.62 bits per heavy atom. The molecule has 0 amide bonds. The maximum Gasteiger partial charge on any atom is 0.225 e. The highest BCUT2D eigenvalue weighted by Gasteiger charge is 2.42. The summed E-state index contributed by atoms with van der Waals surface area (Å²) in [5.41, 5.74) is 0. The number of nitrogens with zero attached hydrogens (tertiary/aromatic N) is 4. The molecule has 2 aromatic rings. The summed E-state index contributed by atoms with van der Waals surface area (Å²) >= 11 is 0. The van der Waals surface area contributed by atoms with Crippen LogP contribution in [0.25, 0.3) is 0 Å². The van der Waals surface area contributed by atoms with Gasteiger partial charge < -0.3 is 9.64 Å². The molecule has 5 nitrogen and oxygen atoms in total. The molecular weight excluding hydrogens is 307 g/mol. The lowest BCUT2D eigenvalue weighted by atomic mass is 10.0. The van der Waals surface area contributed by atoms with Gasteiger partial charge in [0.1, 0.15) is 11.9 Å². The predicted molar refractivity (Wildman–Crippen MR) is 89.6 cm³/mol. The summed E-state index contributed by atoms with van der Waals surface area (Å²) in [6.45, 7) is 4.93. The summed E-state index contributed by atoms with van der Waals surface area (Å²) in [5, 5.41) is 0.